The summed E-state index contributed by atoms with van der Waals surface area (Å²) in [5.41, 5.74) is 0.938. The molecular formula is C15H23ClN2O2S. The van der Waals surface area contributed by atoms with Gasteiger partial charge >= 0.3 is 0 Å². The summed E-state index contributed by atoms with van der Waals surface area (Å²) in [5.74, 6) is 0. The highest BCUT2D eigenvalue weighted by atomic mass is 35.5. The summed E-state index contributed by atoms with van der Waals surface area (Å²) in [6.07, 6.45) is 5.37. The van der Waals surface area contributed by atoms with Crippen LogP contribution >= 0.6 is 11.6 Å². The van der Waals surface area contributed by atoms with E-state index < -0.39 is 10.0 Å². The minimum Gasteiger partial charge on any atom is -0.310 e. The van der Waals surface area contributed by atoms with E-state index in [1.165, 1.54) is 18.9 Å². The molecule has 1 aromatic carbocycles. The van der Waals surface area contributed by atoms with Crippen LogP contribution in [0.3, 0.4) is 0 Å². The molecule has 0 unspecified atom stereocenters. The lowest BCUT2D eigenvalue weighted by Crippen LogP contribution is -2.25. The van der Waals surface area contributed by atoms with E-state index >= 15 is 0 Å². The molecule has 4 nitrogen and oxygen atoms in total. The summed E-state index contributed by atoms with van der Waals surface area (Å²) in [7, 11) is -3.45. The van der Waals surface area contributed by atoms with Gasteiger partial charge in [0.2, 0.25) is 10.0 Å². The molecule has 0 aromatic heterocycles. The molecule has 2 rings (SSSR count). The van der Waals surface area contributed by atoms with Crippen LogP contribution in [0.2, 0.25) is 5.02 Å². The van der Waals surface area contributed by atoms with E-state index in [0.29, 0.717) is 24.2 Å². The average Bonchev–Trinajstić information content (AvgIpc) is 3.26. The van der Waals surface area contributed by atoms with Crippen LogP contribution in [0.1, 0.15) is 44.6 Å². The highest BCUT2D eigenvalue weighted by molar-refractivity contribution is 7.89. The topological polar surface area (TPSA) is 58.2 Å². The first-order valence-electron chi connectivity index (χ1n) is 7.54. The molecule has 6 heteroatoms. The molecule has 118 valence electrons. The first kappa shape index (κ1) is 16.7. The van der Waals surface area contributed by atoms with Crippen molar-refractivity contribution in [3.63, 3.8) is 0 Å². The van der Waals surface area contributed by atoms with Crippen molar-refractivity contribution in [2.75, 3.05) is 6.54 Å². The Hall–Kier alpha value is -0.620. The van der Waals surface area contributed by atoms with Gasteiger partial charge in [0.15, 0.2) is 0 Å². The largest absolute Gasteiger partial charge is 0.310 e. The Kier molecular flexibility index (Phi) is 6.05. The number of sulfonamides is 1. The summed E-state index contributed by atoms with van der Waals surface area (Å²) in [5, 5.41) is 3.87. The molecule has 0 atom stereocenters. The Labute approximate surface area is 132 Å². The molecule has 0 bridgehead atoms. The van der Waals surface area contributed by atoms with Gasteiger partial charge in [0, 0.05) is 24.2 Å². The van der Waals surface area contributed by atoms with E-state index in [0.717, 1.165) is 24.8 Å². The van der Waals surface area contributed by atoms with Crippen LogP contribution in [0.15, 0.2) is 23.1 Å². The summed E-state index contributed by atoms with van der Waals surface area (Å²) in [6.45, 7) is 3.25. The van der Waals surface area contributed by atoms with E-state index in [2.05, 4.69) is 17.0 Å². The normalized spacial score (nSPS) is 15.3. The maximum Gasteiger partial charge on any atom is 0.240 e. The average molecular weight is 331 g/mol. The van der Waals surface area contributed by atoms with Crippen LogP contribution in [0.5, 0.6) is 0 Å². The molecule has 1 aliphatic carbocycles. The molecule has 1 saturated carbocycles. The van der Waals surface area contributed by atoms with Crippen LogP contribution in [0.4, 0.5) is 0 Å². The highest BCUT2D eigenvalue weighted by Crippen LogP contribution is 2.23. The van der Waals surface area contributed by atoms with Crippen LogP contribution < -0.4 is 10.0 Å². The van der Waals surface area contributed by atoms with E-state index in [1.54, 1.807) is 12.1 Å². The van der Waals surface area contributed by atoms with Gasteiger partial charge in [-0.1, -0.05) is 37.4 Å². The first-order valence-corrected chi connectivity index (χ1v) is 9.40. The van der Waals surface area contributed by atoms with E-state index in [1.807, 2.05) is 0 Å². The van der Waals surface area contributed by atoms with Gasteiger partial charge in [-0.25, -0.2) is 13.1 Å². The number of benzene rings is 1. The number of nitrogens with one attached hydrogen (secondary N) is 2. The van der Waals surface area contributed by atoms with Crippen LogP contribution in [0, 0.1) is 0 Å². The molecular weight excluding hydrogens is 308 g/mol. The first-order chi connectivity index (χ1) is 10.0. The van der Waals surface area contributed by atoms with Crippen molar-refractivity contribution in [3.8, 4) is 0 Å². The van der Waals surface area contributed by atoms with E-state index in [4.69, 9.17) is 11.6 Å². The fourth-order valence-corrected chi connectivity index (χ4v) is 3.46. The SMILES string of the molecule is CCCCCNS(=O)(=O)c1ccc(CNC2CC2)c(Cl)c1. The fraction of sp³-hybridized carbons (Fsp3) is 0.600. The Bertz CT molecular complexity index is 571. The summed E-state index contributed by atoms with van der Waals surface area (Å²) >= 11 is 6.19. The lowest BCUT2D eigenvalue weighted by atomic mass is 10.2. The molecule has 1 aliphatic rings. The molecule has 0 aliphatic heterocycles. The number of halogens is 1. The predicted molar refractivity (Wildman–Crippen MR) is 86.0 cm³/mol. The van der Waals surface area contributed by atoms with Gasteiger partial charge in [-0.05, 0) is 37.0 Å². The zero-order chi connectivity index (χ0) is 15.3. The van der Waals surface area contributed by atoms with Crippen molar-refractivity contribution in [1.29, 1.82) is 0 Å². The quantitative estimate of drug-likeness (QED) is 0.684. The maximum atomic E-state index is 12.1. The number of rotatable bonds is 9. The predicted octanol–water partition coefficient (Wildman–Crippen LogP) is 3.06. The van der Waals surface area contributed by atoms with Crippen molar-refractivity contribution in [1.82, 2.24) is 10.0 Å². The van der Waals surface area contributed by atoms with Crippen LogP contribution in [0.25, 0.3) is 0 Å². The summed E-state index contributed by atoms with van der Waals surface area (Å²) < 4.78 is 26.9. The molecule has 1 aromatic rings. The molecule has 0 heterocycles. The second-order valence-electron chi connectivity index (χ2n) is 5.51. The third-order valence-corrected chi connectivity index (χ3v) is 5.38. The van der Waals surface area contributed by atoms with E-state index in [-0.39, 0.29) is 4.90 Å². The van der Waals surface area contributed by atoms with Crippen LogP contribution in [-0.2, 0) is 16.6 Å². The third kappa shape index (κ3) is 5.25. The fourth-order valence-electron chi connectivity index (χ4n) is 2.05. The summed E-state index contributed by atoms with van der Waals surface area (Å²) in [4.78, 5) is 0.235. The second-order valence-corrected chi connectivity index (χ2v) is 7.69. The Morgan fingerprint density at radius 2 is 2.05 bits per heavy atom. The molecule has 0 saturated heterocycles. The van der Waals surface area contributed by atoms with Crippen molar-refractivity contribution < 1.29 is 8.42 Å². The molecule has 1 fully saturated rings. The molecule has 0 amide bonds. The molecule has 2 N–H and O–H groups in total. The molecule has 21 heavy (non-hydrogen) atoms. The number of hydrogen-bond acceptors (Lipinski definition) is 3. The highest BCUT2D eigenvalue weighted by Gasteiger charge is 2.21. The van der Waals surface area contributed by atoms with Gasteiger partial charge in [0.05, 0.1) is 4.90 Å². The Morgan fingerprint density at radius 1 is 1.29 bits per heavy atom. The monoisotopic (exact) mass is 330 g/mol. The van der Waals surface area contributed by atoms with Crippen molar-refractivity contribution in [2.24, 2.45) is 0 Å². The van der Waals surface area contributed by atoms with Gasteiger partial charge in [-0.2, -0.15) is 0 Å². The zero-order valence-electron chi connectivity index (χ0n) is 12.4. The molecule has 0 spiro atoms. The summed E-state index contributed by atoms with van der Waals surface area (Å²) in [6, 6.07) is 5.55. The maximum absolute atomic E-state index is 12.1. The lowest BCUT2D eigenvalue weighted by Gasteiger charge is -2.10. The number of hydrogen-bond donors (Lipinski definition) is 2. The van der Waals surface area contributed by atoms with Gasteiger partial charge in [0.25, 0.3) is 0 Å². The minimum absolute atomic E-state index is 0.235. The van der Waals surface area contributed by atoms with Gasteiger partial charge in [0.1, 0.15) is 0 Å². The Balaban J connectivity index is 1.96. The lowest BCUT2D eigenvalue weighted by molar-refractivity contribution is 0.576. The second kappa shape index (κ2) is 7.58. The molecule has 0 radical (unpaired) electrons. The van der Waals surface area contributed by atoms with E-state index in [9.17, 15) is 8.42 Å². The van der Waals surface area contributed by atoms with Crippen molar-refractivity contribution >= 4 is 21.6 Å². The van der Waals surface area contributed by atoms with Crippen molar-refractivity contribution in [3.05, 3.63) is 28.8 Å². The number of unbranched alkanes of at least 4 members (excludes halogenated alkanes) is 2. The minimum atomic E-state index is -3.45. The zero-order valence-corrected chi connectivity index (χ0v) is 13.9. The van der Waals surface area contributed by atoms with Crippen LogP contribution in [-0.4, -0.2) is 21.0 Å². The standard InChI is InChI=1S/C15H23ClN2O2S/c1-2-3-4-9-18-21(19,20)14-8-5-12(15(16)10-14)11-17-13-6-7-13/h5,8,10,13,17-18H,2-4,6-7,9,11H2,1H3. The van der Waals surface area contributed by atoms with Crippen molar-refractivity contribution in [2.45, 2.75) is 56.5 Å². The third-order valence-electron chi connectivity index (χ3n) is 3.57. The van der Waals surface area contributed by atoms with Gasteiger partial charge < -0.3 is 5.32 Å². The smallest absolute Gasteiger partial charge is 0.240 e. The Morgan fingerprint density at radius 3 is 2.67 bits per heavy atom. The van der Waals surface area contributed by atoms with Gasteiger partial charge in [-0.3, -0.25) is 0 Å². The van der Waals surface area contributed by atoms with Gasteiger partial charge in [-0.15, -0.1) is 0 Å².